The van der Waals surface area contributed by atoms with Crippen LogP contribution in [0, 0.1) is 0 Å². The van der Waals surface area contributed by atoms with Crippen LogP contribution in [0.1, 0.15) is 39.0 Å². The molecule has 2 heterocycles. The van der Waals surface area contributed by atoms with Crippen molar-refractivity contribution in [1.82, 2.24) is 9.62 Å². The SMILES string of the molecule is CC1CCCCN1C1=CC=CS1(CCCCCl)NC(=O)O. The number of carbonyl (C=O) groups is 1. The number of carboxylic acid groups (broad SMARTS) is 1. The average molecular weight is 333 g/mol. The van der Waals surface area contributed by atoms with E-state index in [1.165, 1.54) is 24.3 Å². The fourth-order valence-corrected chi connectivity index (χ4v) is 6.34. The molecule has 2 aliphatic heterocycles. The lowest BCUT2D eigenvalue weighted by atomic mass is 10.0. The molecule has 2 rings (SSSR count). The van der Waals surface area contributed by atoms with Crippen molar-refractivity contribution in [1.29, 1.82) is 0 Å². The lowest BCUT2D eigenvalue weighted by Crippen LogP contribution is -2.41. The molecule has 0 saturated carbocycles. The number of allylic oxidation sites excluding steroid dienone is 2. The van der Waals surface area contributed by atoms with Crippen molar-refractivity contribution in [3.63, 3.8) is 0 Å². The molecule has 2 unspecified atom stereocenters. The third-order valence-corrected chi connectivity index (χ3v) is 7.61. The van der Waals surface area contributed by atoms with E-state index in [0.717, 1.165) is 25.1 Å². The van der Waals surface area contributed by atoms with Gasteiger partial charge in [0.25, 0.3) is 0 Å². The first-order valence-electron chi connectivity index (χ1n) is 7.62. The molecule has 6 heteroatoms. The summed E-state index contributed by atoms with van der Waals surface area (Å²) in [5.74, 6) is 1.48. The molecular formula is C15H25ClN2O2S. The third-order valence-electron chi connectivity index (χ3n) is 4.13. The lowest BCUT2D eigenvalue weighted by Gasteiger charge is -2.46. The first-order chi connectivity index (χ1) is 10.1. The number of hydrogen-bond donors (Lipinski definition) is 2. The van der Waals surface area contributed by atoms with Crippen molar-refractivity contribution in [2.45, 2.75) is 45.1 Å². The van der Waals surface area contributed by atoms with Gasteiger partial charge in [0.05, 0.1) is 5.03 Å². The van der Waals surface area contributed by atoms with E-state index < -0.39 is 16.3 Å². The monoisotopic (exact) mass is 332 g/mol. The van der Waals surface area contributed by atoms with Crippen molar-refractivity contribution in [2.24, 2.45) is 0 Å². The Hall–Kier alpha value is -0.810. The van der Waals surface area contributed by atoms with Crippen LogP contribution in [0.15, 0.2) is 22.6 Å². The highest BCUT2D eigenvalue weighted by atomic mass is 35.5. The minimum atomic E-state index is -1.61. The molecule has 0 aliphatic carbocycles. The van der Waals surface area contributed by atoms with Crippen LogP contribution in [-0.4, -0.2) is 40.3 Å². The second-order valence-corrected chi connectivity index (χ2v) is 8.94. The highest BCUT2D eigenvalue weighted by Crippen LogP contribution is 2.58. The number of nitrogens with one attached hydrogen (secondary N) is 1. The van der Waals surface area contributed by atoms with Gasteiger partial charge in [-0.05, 0) is 50.5 Å². The van der Waals surface area contributed by atoms with Crippen LogP contribution >= 0.6 is 21.8 Å². The Kier molecular flexibility index (Phi) is 5.88. The zero-order valence-corrected chi connectivity index (χ0v) is 14.1. The van der Waals surface area contributed by atoms with E-state index >= 15 is 0 Å². The van der Waals surface area contributed by atoms with E-state index in [2.05, 4.69) is 28.0 Å². The number of unbranched alkanes of at least 4 members (excludes halogenated alkanes) is 1. The number of alkyl halides is 1. The van der Waals surface area contributed by atoms with Crippen LogP contribution in [-0.2, 0) is 0 Å². The molecule has 0 aromatic rings. The molecule has 2 N–H and O–H groups in total. The van der Waals surface area contributed by atoms with Crippen LogP contribution in [0.2, 0.25) is 0 Å². The maximum Gasteiger partial charge on any atom is 0.414 e. The predicted molar refractivity (Wildman–Crippen MR) is 90.8 cm³/mol. The molecule has 0 spiro atoms. The van der Waals surface area contributed by atoms with Crippen molar-refractivity contribution in [3.05, 3.63) is 22.6 Å². The van der Waals surface area contributed by atoms with E-state index in [1.807, 2.05) is 6.08 Å². The Morgan fingerprint density at radius 3 is 3.00 bits per heavy atom. The van der Waals surface area contributed by atoms with Gasteiger partial charge in [-0.2, -0.15) is 0 Å². The van der Waals surface area contributed by atoms with Gasteiger partial charge in [0, 0.05) is 24.2 Å². The molecule has 1 amide bonds. The van der Waals surface area contributed by atoms with E-state index in [4.69, 9.17) is 11.6 Å². The molecule has 21 heavy (non-hydrogen) atoms. The normalized spacial score (nSPS) is 31.6. The summed E-state index contributed by atoms with van der Waals surface area (Å²) in [5.41, 5.74) is 0. The Balaban J connectivity index is 2.18. The molecular weight excluding hydrogens is 308 g/mol. The molecule has 2 atom stereocenters. The third kappa shape index (κ3) is 3.89. The number of nitrogens with zero attached hydrogens (tertiary/aromatic N) is 1. The maximum atomic E-state index is 11.3. The fraction of sp³-hybridized carbons (Fsp3) is 0.667. The maximum absolute atomic E-state index is 11.3. The van der Waals surface area contributed by atoms with E-state index in [0.29, 0.717) is 11.9 Å². The highest BCUT2D eigenvalue weighted by Gasteiger charge is 2.35. The Morgan fingerprint density at radius 2 is 2.33 bits per heavy atom. The number of piperidine rings is 1. The molecule has 0 bridgehead atoms. The van der Waals surface area contributed by atoms with Gasteiger partial charge in [0.1, 0.15) is 0 Å². The van der Waals surface area contributed by atoms with E-state index in [1.54, 1.807) is 0 Å². The molecule has 1 fully saturated rings. The van der Waals surface area contributed by atoms with Crippen molar-refractivity contribution in [2.75, 3.05) is 18.2 Å². The standard InChI is InChI=1S/C15H25ClN2O2S/c1-13-7-2-4-10-18(13)14-8-6-12-21(14,17-15(19)20)11-5-3-9-16/h6,8,12-13,17H,2-5,7,9-11H2,1H3,(H,19,20). The number of halogens is 1. The smallest absolute Gasteiger partial charge is 0.414 e. The number of hydrogen-bond acceptors (Lipinski definition) is 2. The Labute approximate surface area is 133 Å². The molecule has 0 aromatic heterocycles. The summed E-state index contributed by atoms with van der Waals surface area (Å²) in [6.07, 6.45) is 8.69. The van der Waals surface area contributed by atoms with Gasteiger partial charge in [0.2, 0.25) is 0 Å². The second kappa shape index (κ2) is 7.45. The topological polar surface area (TPSA) is 52.6 Å². The summed E-state index contributed by atoms with van der Waals surface area (Å²) in [7, 11) is -1.61. The average Bonchev–Trinajstić information content (AvgIpc) is 2.82. The van der Waals surface area contributed by atoms with Crippen LogP contribution in [0.3, 0.4) is 0 Å². The summed E-state index contributed by atoms with van der Waals surface area (Å²) in [6.45, 7) is 3.27. The quantitative estimate of drug-likeness (QED) is 0.565. The van der Waals surface area contributed by atoms with Crippen molar-refractivity contribution < 1.29 is 9.90 Å². The predicted octanol–water partition coefficient (Wildman–Crippen LogP) is 4.24. The minimum absolute atomic E-state index is 0.486. The number of likely N-dealkylation sites (tertiary alicyclic amines) is 1. The Morgan fingerprint density at radius 1 is 1.52 bits per heavy atom. The van der Waals surface area contributed by atoms with Crippen LogP contribution < -0.4 is 4.72 Å². The van der Waals surface area contributed by atoms with Crippen molar-refractivity contribution in [3.8, 4) is 0 Å². The lowest BCUT2D eigenvalue weighted by molar-refractivity contribution is 0.201. The van der Waals surface area contributed by atoms with Gasteiger partial charge in [-0.1, -0.05) is 6.08 Å². The molecule has 0 aromatic carbocycles. The largest absolute Gasteiger partial charge is 0.464 e. The van der Waals surface area contributed by atoms with Crippen molar-refractivity contribution >= 4 is 27.9 Å². The zero-order valence-electron chi connectivity index (χ0n) is 12.6. The van der Waals surface area contributed by atoms with Gasteiger partial charge in [-0.25, -0.2) is 4.79 Å². The van der Waals surface area contributed by atoms with Gasteiger partial charge in [-0.15, -0.1) is 21.8 Å². The summed E-state index contributed by atoms with van der Waals surface area (Å²) >= 11 is 5.78. The summed E-state index contributed by atoms with van der Waals surface area (Å²) in [6, 6.07) is 0.486. The van der Waals surface area contributed by atoms with Gasteiger partial charge < -0.3 is 10.0 Å². The zero-order chi connectivity index (χ0) is 15.3. The molecule has 4 nitrogen and oxygen atoms in total. The van der Waals surface area contributed by atoms with Gasteiger partial charge >= 0.3 is 6.09 Å². The minimum Gasteiger partial charge on any atom is -0.464 e. The van der Waals surface area contributed by atoms with Crippen LogP contribution in [0.25, 0.3) is 0 Å². The summed E-state index contributed by atoms with van der Waals surface area (Å²) < 4.78 is 2.84. The van der Waals surface area contributed by atoms with E-state index in [9.17, 15) is 9.90 Å². The summed E-state index contributed by atoms with van der Waals surface area (Å²) in [4.78, 5) is 13.7. The van der Waals surface area contributed by atoms with Gasteiger partial charge in [0.15, 0.2) is 0 Å². The van der Waals surface area contributed by atoms with Crippen LogP contribution in [0.4, 0.5) is 4.79 Å². The number of rotatable bonds is 6. The molecule has 120 valence electrons. The Bertz CT molecular complexity index is 441. The molecule has 1 saturated heterocycles. The molecule has 2 aliphatic rings. The highest BCUT2D eigenvalue weighted by molar-refractivity contribution is 8.38. The van der Waals surface area contributed by atoms with Crippen LogP contribution in [0.5, 0.6) is 0 Å². The van der Waals surface area contributed by atoms with E-state index in [-0.39, 0.29) is 0 Å². The first kappa shape index (κ1) is 16.6. The molecule has 0 radical (unpaired) electrons. The van der Waals surface area contributed by atoms with Gasteiger partial charge in [-0.3, -0.25) is 4.72 Å². The first-order valence-corrected chi connectivity index (χ1v) is 10.0. The summed E-state index contributed by atoms with van der Waals surface area (Å²) in [5, 5.41) is 12.5. The number of amides is 1. The fourth-order valence-electron chi connectivity index (χ4n) is 3.07. The second-order valence-electron chi connectivity index (χ2n) is 5.67.